The predicted molar refractivity (Wildman–Crippen MR) is 136 cm³/mol. The van der Waals surface area contributed by atoms with Gasteiger partial charge in [0.25, 0.3) is 0 Å². The van der Waals surface area contributed by atoms with Crippen LogP contribution in [0.1, 0.15) is 79.3 Å². The van der Waals surface area contributed by atoms with Crippen molar-refractivity contribution in [1.82, 2.24) is 0 Å². The number of halogens is 2. The zero-order valence-electron chi connectivity index (χ0n) is 18.9. The molecule has 1 unspecified atom stereocenters. The fraction of sp³-hybridized carbons (Fsp3) is 0.357. The van der Waals surface area contributed by atoms with Gasteiger partial charge in [-0.05, 0) is 94.3 Å². The third-order valence-corrected chi connectivity index (χ3v) is 7.36. The molecular formula is C28H31Cl2N. The van der Waals surface area contributed by atoms with Crippen LogP contribution in [0.2, 0.25) is 10.0 Å². The maximum atomic E-state index is 6.70. The molecule has 1 aliphatic carbocycles. The van der Waals surface area contributed by atoms with E-state index in [0.717, 1.165) is 41.4 Å². The van der Waals surface area contributed by atoms with Crippen molar-refractivity contribution in [3.05, 3.63) is 85.9 Å². The van der Waals surface area contributed by atoms with Crippen LogP contribution >= 0.6 is 23.2 Å². The van der Waals surface area contributed by atoms with Gasteiger partial charge in [0.2, 0.25) is 0 Å². The number of aryl methyl sites for hydroxylation is 1. The van der Waals surface area contributed by atoms with Crippen molar-refractivity contribution in [3.8, 4) is 11.1 Å². The van der Waals surface area contributed by atoms with Crippen molar-refractivity contribution in [2.75, 3.05) is 5.73 Å². The Kier molecular flexibility index (Phi) is 6.37. The summed E-state index contributed by atoms with van der Waals surface area (Å²) in [6.07, 6.45) is 3.97. The molecule has 3 aromatic carbocycles. The zero-order valence-corrected chi connectivity index (χ0v) is 20.4. The minimum Gasteiger partial charge on any atom is -0.398 e. The lowest BCUT2D eigenvalue weighted by molar-refractivity contribution is 0.785. The number of nitrogens with two attached hydrogens (primary N) is 1. The van der Waals surface area contributed by atoms with Crippen LogP contribution in [0.4, 0.5) is 5.69 Å². The van der Waals surface area contributed by atoms with Crippen molar-refractivity contribution >= 4 is 28.9 Å². The molecule has 2 N–H and O–H groups in total. The lowest BCUT2D eigenvalue weighted by Crippen LogP contribution is -2.05. The molecule has 0 aliphatic heterocycles. The molecule has 4 rings (SSSR count). The number of hydrogen-bond acceptors (Lipinski definition) is 1. The van der Waals surface area contributed by atoms with Crippen LogP contribution < -0.4 is 5.73 Å². The average Bonchev–Trinajstić information content (AvgIpc) is 3.15. The van der Waals surface area contributed by atoms with Crippen LogP contribution in [0.5, 0.6) is 0 Å². The van der Waals surface area contributed by atoms with Crippen molar-refractivity contribution in [2.24, 2.45) is 0 Å². The summed E-state index contributed by atoms with van der Waals surface area (Å²) in [5.74, 6) is 0.812. The van der Waals surface area contributed by atoms with Gasteiger partial charge in [-0.3, -0.25) is 0 Å². The standard InChI is InChI=1S/C28H31Cl2N/c1-5-20-26(30)15-27(31)21(6-2)28(20)25-14-18(7-10-22(25)16(3)4)23-11-8-17-13-19(29)9-12-24(17)23/h7,9-10,12-16,23H,5-6,8,11,31H2,1-4H3. The van der Waals surface area contributed by atoms with Crippen LogP contribution in [0.3, 0.4) is 0 Å². The molecule has 31 heavy (non-hydrogen) atoms. The third-order valence-electron chi connectivity index (χ3n) is 6.78. The summed E-state index contributed by atoms with van der Waals surface area (Å²) in [6, 6.07) is 15.3. The molecule has 0 saturated carbocycles. The van der Waals surface area contributed by atoms with Crippen molar-refractivity contribution in [1.29, 1.82) is 0 Å². The zero-order chi connectivity index (χ0) is 22.3. The maximum Gasteiger partial charge on any atom is 0.0464 e. The summed E-state index contributed by atoms with van der Waals surface area (Å²) in [7, 11) is 0. The van der Waals surface area contributed by atoms with Gasteiger partial charge >= 0.3 is 0 Å². The van der Waals surface area contributed by atoms with Crippen molar-refractivity contribution in [3.63, 3.8) is 0 Å². The van der Waals surface area contributed by atoms with E-state index in [4.69, 9.17) is 28.9 Å². The summed E-state index contributed by atoms with van der Waals surface area (Å²) in [6.45, 7) is 8.88. The van der Waals surface area contributed by atoms with Crippen molar-refractivity contribution < 1.29 is 0 Å². The van der Waals surface area contributed by atoms with E-state index in [1.165, 1.54) is 44.5 Å². The predicted octanol–water partition coefficient (Wildman–Crippen LogP) is 8.57. The van der Waals surface area contributed by atoms with E-state index in [0.29, 0.717) is 11.8 Å². The molecular weight excluding hydrogens is 421 g/mol. The highest BCUT2D eigenvalue weighted by Gasteiger charge is 2.26. The molecule has 0 amide bonds. The molecule has 0 bridgehead atoms. The molecule has 0 radical (unpaired) electrons. The summed E-state index contributed by atoms with van der Waals surface area (Å²) in [5, 5.41) is 1.60. The number of rotatable bonds is 5. The highest BCUT2D eigenvalue weighted by molar-refractivity contribution is 6.32. The maximum absolute atomic E-state index is 6.70. The molecule has 3 aromatic rings. The Morgan fingerprint density at radius 1 is 0.968 bits per heavy atom. The van der Waals surface area contributed by atoms with E-state index in [1.54, 1.807) is 0 Å². The average molecular weight is 452 g/mol. The SMILES string of the molecule is CCc1c(N)cc(Cl)c(CC)c1-c1cc(C2CCc3cc(Cl)ccc32)ccc1C(C)C. The summed E-state index contributed by atoms with van der Waals surface area (Å²) < 4.78 is 0. The summed E-state index contributed by atoms with van der Waals surface area (Å²) in [5.41, 5.74) is 17.7. The Balaban J connectivity index is 1.95. The van der Waals surface area contributed by atoms with Gasteiger partial charge in [0.05, 0.1) is 0 Å². The smallest absolute Gasteiger partial charge is 0.0464 e. The Hall–Kier alpha value is -1.96. The van der Waals surface area contributed by atoms with Crippen molar-refractivity contribution in [2.45, 2.75) is 65.2 Å². The first-order valence-corrected chi connectivity index (χ1v) is 12.1. The van der Waals surface area contributed by atoms with E-state index in [2.05, 4.69) is 58.0 Å². The number of anilines is 1. The van der Waals surface area contributed by atoms with Crippen LogP contribution in [-0.4, -0.2) is 0 Å². The lowest BCUT2D eigenvalue weighted by atomic mass is 9.82. The van der Waals surface area contributed by atoms with Gasteiger partial charge in [-0.15, -0.1) is 0 Å². The molecule has 0 fully saturated rings. The lowest BCUT2D eigenvalue weighted by Gasteiger charge is -2.23. The number of hydrogen-bond donors (Lipinski definition) is 1. The molecule has 0 saturated heterocycles. The Morgan fingerprint density at radius 3 is 2.39 bits per heavy atom. The first-order chi connectivity index (χ1) is 14.8. The van der Waals surface area contributed by atoms with E-state index in [1.807, 2.05) is 12.1 Å². The second-order valence-electron chi connectivity index (χ2n) is 8.92. The molecule has 162 valence electrons. The monoisotopic (exact) mass is 451 g/mol. The Bertz CT molecular complexity index is 1100. The molecule has 1 atom stereocenters. The first-order valence-electron chi connectivity index (χ1n) is 11.4. The van der Waals surface area contributed by atoms with Crippen LogP contribution in [-0.2, 0) is 19.3 Å². The number of fused-ring (bicyclic) bond motifs is 1. The molecule has 0 heterocycles. The Morgan fingerprint density at radius 2 is 1.71 bits per heavy atom. The van der Waals surface area contributed by atoms with Gasteiger partial charge in [0.15, 0.2) is 0 Å². The number of nitrogen functional groups attached to an aromatic ring is 1. The van der Waals surface area contributed by atoms with Crippen LogP contribution in [0.15, 0.2) is 42.5 Å². The number of benzene rings is 3. The van der Waals surface area contributed by atoms with E-state index >= 15 is 0 Å². The van der Waals surface area contributed by atoms with Gasteiger partial charge in [-0.1, -0.05) is 75.2 Å². The van der Waals surface area contributed by atoms with E-state index in [9.17, 15) is 0 Å². The largest absolute Gasteiger partial charge is 0.398 e. The second kappa shape index (κ2) is 8.88. The van der Waals surface area contributed by atoms with Crippen LogP contribution in [0, 0.1) is 0 Å². The fourth-order valence-electron chi connectivity index (χ4n) is 5.25. The molecule has 1 nitrogen and oxygen atoms in total. The minimum absolute atomic E-state index is 0.402. The van der Waals surface area contributed by atoms with Crippen LogP contribution in [0.25, 0.3) is 11.1 Å². The quantitative estimate of drug-likeness (QED) is 0.386. The first kappa shape index (κ1) is 22.2. The van der Waals surface area contributed by atoms with E-state index in [-0.39, 0.29) is 0 Å². The summed E-state index contributed by atoms with van der Waals surface area (Å²) >= 11 is 13.0. The van der Waals surface area contributed by atoms with E-state index < -0.39 is 0 Å². The van der Waals surface area contributed by atoms with Gasteiger partial charge in [-0.25, -0.2) is 0 Å². The molecule has 1 aliphatic rings. The highest BCUT2D eigenvalue weighted by Crippen LogP contribution is 2.44. The normalized spacial score (nSPS) is 15.5. The highest BCUT2D eigenvalue weighted by atomic mass is 35.5. The van der Waals surface area contributed by atoms with Gasteiger partial charge < -0.3 is 5.73 Å². The minimum atomic E-state index is 0.402. The Labute approximate surface area is 196 Å². The summed E-state index contributed by atoms with van der Waals surface area (Å²) in [4.78, 5) is 0. The molecule has 3 heteroatoms. The van der Waals surface area contributed by atoms with Gasteiger partial charge in [0, 0.05) is 21.7 Å². The van der Waals surface area contributed by atoms with Gasteiger partial charge in [-0.2, -0.15) is 0 Å². The second-order valence-corrected chi connectivity index (χ2v) is 9.77. The molecule has 0 spiro atoms. The fourth-order valence-corrected chi connectivity index (χ4v) is 5.79. The van der Waals surface area contributed by atoms with Gasteiger partial charge in [0.1, 0.15) is 0 Å². The topological polar surface area (TPSA) is 26.0 Å². The third kappa shape index (κ3) is 3.99. The molecule has 0 aromatic heterocycles.